The van der Waals surface area contributed by atoms with E-state index in [9.17, 15) is 0 Å². The molecule has 0 saturated heterocycles. The van der Waals surface area contributed by atoms with Crippen molar-refractivity contribution in [2.24, 2.45) is 5.73 Å². The third-order valence-corrected chi connectivity index (χ3v) is 3.09. The third-order valence-electron chi connectivity index (χ3n) is 3.09. The SMILES string of the molecule is COc1cc(C)nc2c(CC(C)(C)N)cc(C)cc12. The van der Waals surface area contributed by atoms with Gasteiger partial charge < -0.3 is 10.5 Å². The Hall–Kier alpha value is -1.61. The number of ether oxygens (including phenoxy) is 1. The van der Waals surface area contributed by atoms with E-state index in [0.29, 0.717) is 0 Å². The second-order valence-electron chi connectivity index (χ2n) is 5.95. The molecule has 0 bridgehead atoms. The summed E-state index contributed by atoms with van der Waals surface area (Å²) in [5.74, 6) is 0.877. The van der Waals surface area contributed by atoms with Crippen LogP contribution in [0.25, 0.3) is 10.9 Å². The molecule has 0 fully saturated rings. The first kappa shape index (κ1) is 13.8. The van der Waals surface area contributed by atoms with Gasteiger partial charge in [-0.05, 0) is 51.3 Å². The molecule has 2 rings (SSSR count). The van der Waals surface area contributed by atoms with Crippen LogP contribution < -0.4 is 10.5 Å². The van der Waals surface area contributed by atoms with E-state index >= 15 is 0 Å². The highest BCUT2D eigenvalue weighted by molar-refractivity contribution is 5.88. The van der Waals surface area contributed by atoms with E-state index in [0.717, 1.165) is 28.8 Å². The minimum absolute atomic E-state index is 0.251. The number of aryl methyl sites for hydroxylation is 2. The predicted molar refractivity (Wildman–Crippen MR) is 79.7 cm³/mol. The Labute approximate surface area is 114 Å². The highest BCUT2D eigenvalue weighted by Crippen LogP contribution is 2.30. The zero-order chi connectivity index (χ0) is 14.2. The molecule has 1 aromatic heterocycles. The van der Waals surface area contributed by atoms with Crippen LogP contribution in [0.4, 0.5) is 0 Å². The quantitative estimate of drug-likeness (QED) is 0.920. The van der Waals surface area contributed by atoms with Crippen LogP contribution >= 0.6 is 0 Å². The van der Waals surface area contributed by atoms with Crippen LogP contribution in [0, 0.1) is 13.8 Å². The van der Waals surface area contributed by atoms with Gasteiger partial charge >= 0.3 is 0 Å². The van der Waals surface area contributed by atoms with Crippen molar-refractivity contribution in [2.45, 2.75) is 39.7 Å². The lowest BCUT2D eigenvalue weighted by Crippen LogP contribution is -2.34. The largest absolute Gasteiger partial charge is 0.496 e. The molecule has 2 aromatic rings. The highest BCUT2D eigenvalue weighted by Gasteiger charge is 2.16. The number of nitrogens with two attached hydrogens (primary N) is 1. The van der Waals surface area contributed by atoms with Crippen molar-refractivity contribution < 1.29 is 4.74 Å². The van der Waals surface area contributed by atoms with Crippen molar-refractivity contribution in [1.29, 1.82) is 0 Å². The van der Waals surface area contributed by atoms with E-state index in [1.165, 1.54) is 11.1 Å². The Kier molecular flexibility index (Phi) is 3.50. The Morgan fingerprint density at radius 2 is 1.89 bits per heavy atom. The molecular formula is C16H22N2O. The topological polar surface area (TPSA) is 48.1 Å². The van der Waals surface area contributed by atoms with Crippen molar-refractivity contribution in [3.05, 3.63) is 35.0 Å². The minimum atomic E-state index is -0.251. The summed E-state index contributed by atoms with van der Waals surface area (Å²) in [6.07, 6.45) is 0.796. The highest BCUT2D eigenvalue weighted by atomic mass is 16.5. The van der Waals surface area contributed by atoms with Gasteiger partial charge in [-0.3, -0.25) is 4.98 Å². The van der Waals surface area contributed by atoms with Crippen molar-refractivity contribution in [3.63, 3.8) is 0 Å². The molecule has 3 nitrogen and oxygen atoms in total. The molecule has 0 aliphatic carbocycles. The zero-order valence-electron chi connectivity index (χ0n) is 12.4. The molecule has 102 valence electrons. The van der Waals surface area contributed by atoms with Crippen LogP contribution in [0.5, 0.6) is 5.75 Å². The molecule has 2 N–H and O–H groups in total. The van der Waals surface area contributed by atoms with E-state index in [2.05, 4.69) is 24.0 Å². The van der Waals surface area contributed by atoms with Crippen LogP contribution in [0.15, 0.2) is 18.2 Å². The van der Waals surface area contributed by atoms with Crippen LogP contribution in [0.1, 0.15) is 30.7 Å². The monoisotopic (exact) mass is 258 g/mol. The van der Waals surface area contributed by atoms with Gasteiger partial charge in [0, 0.05) is 22.7 Å². The molecule has 3 heteroatoms. The molecule has 0 aliphatic heterocycles. The van der Waals surface area contributed by atoms with Gasteiger partial charge in [0.1, 0.15) is 5.75 Å². The number of fused-ring (bicyclic) bond motifs is 1. The lowest BCUT2D eigenvalue weighted by Gasteiger charge is -2.20. The molecular weight excluding hydrogens is 236 g/mol. The smallest absolute Gasteiger partial charge is 0.130 e. The standard InChI is InChI=1S/C16H22N2O/c1-10-6-12(9-16(3,4)17)15-13(7-10)14(19-5)8-11(2)18-15/h6-8H,9,17H2,1-5H3. The maximum absolute atomic E-state index is 6.16. The van der Waals surface area contributed by atoms with Crippen molar-refractivity contribution >= 4 is 10.9 Å². The number of aromatic nitrogens is 1. The zero-order valence-corrected chi connectivity index (χ0v) is 12.4. The van der Waals surface area contributed by atoms with Gasteiger partial charge in [-0.1, -0.05) is 6.07 Å². The first-order valence-electron chi connectivity index (χ1n) is 6.54. The number of pyridine rings is 1. The van der Waals surface area contributed by atoms with Crippen LogP contribution in [0.2, 0.25) is 0 Å². The number of hydrogen-bond acceptors (Lipinski definition) is 3. The lowest BCUT2D eigenvalue weighted by molar-refractivity contribution is 0.419. The second-order valence-corrected chi connectivity index (χ2v) is 5.95. The maximum atomic E-state index is 6.16. The molecule has 0 unspecified atom stereocenters. The summed E-state index contributed by atoms with van der Waals surface area (Å²) in [6, 6.07) is 6.26. The van der Waals surface area contributed by atoms with Gasteiger partial charge in [-0.25, -0.2) is 0 Å². The molecule has 0 spiro atoms. The van der Waals surface area contributed by atoms with Gasteiger partial charge in [0.2, 0.25) is 0 Å². The van der Waals surface area contributed by atoms with Crippen molar-refractivity contribution in [2.75, 3.05) is 7.11 Å². The molecule has 19 heavy (non-hydrogen) atoms. The van der Waals surface area contributed by atoms with Gasteiger partial charge in [-0.15, -0.1) is 0 Å². The van der Waals surface area contributed by atoms with Gasteiger partial charge in [0.05, 0.1) is 12.6 Å². The van der Waals surface area contributed by atoms with Gasteiger partial charge in [0.15, 0.2) is 0 Å². The predicted octanol–water partition coefficient (Wildman–Crippen LogP) is 3.14. The molecule has 1 heterocycles. The summed E-state index contributed by atoms with van der Waals surface area (Å²) in [6.45, 7) is 8.15. The average Bonchev–Trinajstić information content (AvgIpc) is 2.27. The number of benzene rings is 1. The maximum Gasteiger partial charge on any atom is 0.130 e. The van der Waals surface area contributed by atoms with E-state index in [1.54, 1.807) is 7.11 Å². The fraction of sp³-hybridized carbons (Fsp3) is 0.438. The Morgan fingerprint density at radius 1 is 1.21 bits per heavy atom. The normalized spacial score (nSPS) is 11.9. The van der Waals surface area contributed by atoms with E-state index in [1.807, 2.05) is 26.8 Å². The summed E-state index contributed by atoms with van der Waals surface area (Å²) < 4.78 is 5.48. The summed E-state index contributed by atoms with van der Waals surface area (Å²) >= 11 is 0. The van der Waals surface area contributed by atoms with Crippen molar-refractivity contribution in [3.8, 4) is 5.75 Å². The Morgan fingerprint density at radius 3 is 2.47 bits per heavy atom. The molecule has 0 atom stereocenters. The molecule has 0 radical (unpaired) electrons. The molecule has 1 aromatic carbocycles. The van der Waals surface area contributed by atoms with Crippen LogP contribution in [-0.2, 0) is 6.42 Å². The number of rotatable bonds is 3. The van der Waals surface area contributed by atoms with Crippen LogP contribution in [0.3, 0.4) is 0 Å². The first-order chi connectivity index (χ1) is 8.80. The fourth-order valence-corrected chi connectivity index (χ4v) is 2.44. The third kappa shape index (κ3) is 3.04. The van der Waals surface area contributed by atoms with E-state index in [-0.39, 0.29) is 5.54 Å². The number of nitrogens with zero attached hydrogens (tertiary/aromatic N) is 1. The molecule has 0 aliphatic rings. The summed E-state index contributed by atoms with van der Waals surface area (Å²) in [4.78, 5) is 4.67. The lowest BCUT2D eigenvalue weighted by atomic mass is 9.93. The van der Waals surface area contributed by atoms with E-state index < -0.39 is 0 Å². The molecule has 0 amide bonds. The number of methoxy groups -OCH3 is 1. The van der Waals surface area contributed by atoms with Crippen molar-refractivity contribution in [1.82, 2.24) is 4.98 Å². The van der Waals surface area contributed by atoms with Gasteiger partial charge in [0.25, 0.3) is 0 Å². The summed E-state index contributed by atoms with van der Waals surface area (Å²) in [5, 5.41) is 1.06. The number of hydrogen-bond donors (Lipinski definition) is 1. The molecule has 0 saturated carbocycles. The Balaban J connectivity index is 2.73. The average molecular weight is 258 g/mol. The van der Waals surface area contributed by atoms with Crippen LogP contribution in [-0.4, -0.2) is 17.6 Å². The van der Waals surface area contributed by atoms with E-state index in [4.69, 9.17) is 10.5 Å². The minimum Gasteiger partial charge on any atom is -0.496 e. The summed E-state index contributed by atoms with van der Waals surface area (Å²) in [5.41, 5.74) is 10.3. The van der Waals surface area contributed by atoms with Gasteiger partial charge in [-0.2, -0.15) is 0 Å². The second kappa shape index (κ2) is 4.82. The summed E-state index contributed by atoms with van der Waals surface area (Å²) in [7, 11) is 1.70. The Bertz CT molecular complexity index is 612. The first-order valence-corrected chi connectivity index (χ1v) is 6.54. The fourth-order valence-electron chi connectivity index (χ4n) is 2.44.